The van der Waals surface area contributed by atoms with Crippen molar-refractivity contribution in [1.82, 2.24) is 16.1 Å². The number of carbonyl (C=O) groups excluding carboxylic acids is 2. The zero-order valence-electron chi connectivity index (χ0n) is 19.7. The lowest BCUT2D eigenvalue weighted by atomic mass is 9.95. The van der Waals surface area contributed by atoms with Crippen molar-refractivity contribution in [3.05, 3.63) is 68.8 Å². The molecule has 9 nitrogen and oxygen atoms in total. The maximum Gasteiger partial charge on any atom is 0.338 e. The van der Waals surface area contributed by atoms with Crippen LogP contribution in [0.4, 0.5) is 0 Å². The number of hydrogen-bond donors (Lipinski definition) is 3. The molecule has 0 radical (unpaired) electrons. The summed E-state index contributed by atoms with van der Waals surface area (Å²) in [5.74, 6) is -0.241. The van der Waals surface area contributed by atoms with Gasteiger partial charge in [0.1, 0.15) is 11.5 Å². The molecule has 0 aliphatic carbocycles. The molecule has 0 fully saturated rings. The number of para-hydroxylation sites is 1. The van der Waals surface area contributed by atoms with Gasteiger partial charge in [-0.1, -0.05) is 41.4 Å². The van der Waals surface area contributed by atoms with Gasteiger partial charge in [0.2, 0.25) is 0 Å². The Morgan fingerprint density at radius 2 is 2.00 bits per heavy atom. The molecule has 3 rings (SSSR count). The maximum absolute atomic E-state index is 12.6. The van der Waals surface area contributed by atoms with Gasteiger partial charge in [-0.2, -0.15) is 5.10 Å². The first kappa shape index (κ1) is 27.3. The second kappa shape index (κ2) is 12.6. The van der Waals surface area contributed by atoms with E-state index in [-0.39, 0.29) is 13.2 Å². The second-order valence-corrected chi connectivity index (χ2v) is 8.67. The molecule has 0 aromatic heterocycles. The summed E-state index contributed by atoms with van der Waals surface area (Å²) in [6, 6.07) is 9.52. The number of carbonyl (C=O) groups is 2. The van der Waals surface area contributed by atoms with Crippen LogP contribution in [-0.4, -0.2) is 43.5 Å². The summed E-state index contributed by atoms with van der Waals surface area (Å²) in [6.07, 6.45) is 1.36. The van der Waals surface area contributed by atoms with Gasteiger partial charge in [-0.05, 0) is 44.3 Å². The molecule has 0 bridgehead atoms. The van der Waals surface area contributed by atoms with E-state index in [0.717, 1.165) is 0 Å². The Bertz CT molecular complexity index is 1230. The van der Waals surface area contributed by atoms with E-state index in [9.17, 15) is 9.59 Å². The third-order valence-corrected chi connectivity index (χ3v) is 5.71. The highest BCUT2D eigenvalue weighted by molar-refractivity contribution is 7.80. The summed E-state index contributed by atoms with van der Waals surface area (Å²) >= 11 is 17.4. The van der Waals surface area contributed by atoms with Crippen LogP contribution in [0.15, 0.2) is 52.8 Å². The van der Waals surface area contributed by atoms with Crippen molar-refractivity contribution in [2.45, 2.75) is 19.9 Å². The van der Waals surface area contributed by atoms with E-state index in [4.69, 9.17) is 49.6 Å². The zero-order valence-corrected chi connectivity index (χ0v) is 22.0. The molecule has 1 aliphatic rings. The van der Waals surface area contributed by atoms with Crippen LogP contribution >= 0.6 is 35.4 Å². The molecule has 36 heavy (non-hydrogen) atoms. The number of rotatable bonds is 9. The van der Waals surface area contributed by atoms with Crippen LogP contribution in [0.1, 0.15) is 31.0 Å². The Morgan fingerprint density at radius 1 is 1.25 bits per heavy atom. The van der Waals surface area contributed by atoms with Crippen LogP contribution in [0.25, 0.3) is 0 Å². The highest BCUT2D eigenvalue weighted by Crippen LogP contribution is 2.34. The van der Waals surface area contributed by atoms with Crippen molar-refractivity contribution in [1.29, 1.82) is 0 Å². The van der Waals surface area contributed by atoms with Gasteiger partial charge < -0.3 is 24.8 Å². The number of thiocarbonyl (C=S) groups is 1. The third kappa shape index (κ3) is 6.66. The Hall–Kier alpha value is -3.34. The van der Waals surface area contributed by atoms with Gasteiger partial charge in [-0.25, -0.2) is 10.2 Å². The van der Waals surface area contributed by atoms with Crippen molar-refractivity contribution < 1.29 is 23.8 Å². The maximum atomic E-state index is 12.6. The Labute approximate surface area is 223 Å². The summed E-state index contributed by atoms with van der Waals surface area (Å²) in [5.41, 5.74) is 4.42. The lowest BCUT2D eigenvalue weighted by Crippen LogP contribution is -2.45. The van der Waals surface area contributed by atoms with E-state index in [0.29, 0.717) is 49.1 Å². The average Bonchev–Trinajstić information content (AvgIpc) is 2.82. The van der Waals surface area contributed by atoms with E-state index >= 15 is 0 Å². The van der Waals surface area contributed by atoms with Crippen molar-refractivity contribution in [2.75, 3.05) is 20.3 Å². The van der Waals surface area contributed by atoms with Crippen molar-refractivity contribution >= 4 is 58.6 Å². The molecule has 0 unspecified atom stereocenters. The first-order chi connectivity index (χ1) is 17.2. The van der Waals surface area contributed by atoms with Crippen LogP contribution in [0.3, 0.4) is 0 Å². The number of ether oxygens (including phenoxy) is 3. The van der Waals surface area contributed by atoms with Gasteiger partial charge in [0.05, 0.1) is 36.6 Å². The predicted octanol–water partition coefficient (Wildman–Crippen LogP) is 3.89. The number of hydrogen-bond acceptors (Lipinski definition) is 7. The molecular weight excluding hydrogens is 527 g/mol. The molecule has 0 saturated carbocycles. The van der Waals surface area contributed by atoms with E-state index in [1.165, 1.54) is 19.4 Å². The summed E-state index contributed by atoms with van der Waals surface area (Å²) < 4.78 is 16.2. The summed E-state index contributed by atoms with van der Waals surface area (Å²) in [7, 11) is 1.46. The standard InChI is InChI=1S/C24H24Cl2N4O5S/c1-4-34-23(32)20-13(2)28-24(36)29-21(20)16-7-5-6-8-18(16)35-12-19(31)30-27-11-14-9-15(25)10-17(26)22(14)33-3/h5-11,21H,4,12H2,1-3H3,(H,30,31)(H2,28,29,36)/t21-/m0/s1. The Morgan fingerprint density at radius 3 is 2.72 bits per heavy atom. The fourth-order valence-electron chi connectivity index (χ4n) is 3.50. The predicted molar refractivity (Wildman–Crippen MR) is 142 cm³/mol. The number of amides is 1. The third-order valence-electron chi connectivity index (χ3n) is 4.99. The lowest BCUT2D eigenvalue weighted by molar-refractivity contribution is -0.139. The highest BCUT2D eigenvalue weighted by atomic mass is 35.5. The number of esters is 1. The SMILES string of the molecule is CCOC(=O)C1=C(C)NC(=S)N[C@H]1c1ccccc1OCC(=O)NN=Cc1cc(Cl)cc(Cl)c1OC. The number of halogens is 2. The summed E-state index contributed by atoms with van der Waals surface area (Å²) in [6.45, 7) is 3.35. The van der Waals surface area contributed by atoms with E-state index in [1.807, 2.05) is 0 Å². The van der Waals surface area contributed by atoms with E-state index < -0.39 is 17.9 Å². The molecule has 0 saturated heterocycles. The molecule has 190 valence electrons. The normalized spacial score (nSPS) is 15.2. The van der Waals surface area contributed by atoms with Gasteiger partial charge in [-0.3, -0.25) is 4.79 Å². The number of hydrazone groups is 1. The number of nitrogens with zero attached hydrogens (tertiary/aromatic N) is 1. The van der Waals surface area contributed by atoms with Gasteiger partial charge in [0.15, 0.2) is 11.7 Å². The molecule has 1 atom stereocenters. The molecule has 1 heterocycles. The van der Waals surface area contributed by atoms with Crippen LogP contribution in [0.5, 0.6) is 11.5 Å². The van der Waals surface area contributed by atoms with Crippen LogP contribution < -0.4 is 25.5 Å². The molecule has 12 heteroatoms. The van der Waals surface area contributed by atoms with Gasteiger partial charge in [0, 0.05) is 21.8 Å². The zero-order chi connectivity index (χ0) is 26.2. The molecule has 1 amide bonds. The van der Waals surface area contributed by atoms with Gasteiger partial charge in [-0.15, -0.1) is 0 Å². The monoisotopic (exact) mass is 550 g/mol. The molecule has 1 aliphatic heterocycles. The number of nitrogens with one attached hydrogen (secondary N) is 3. The molecule has 3 N–H and O–H groups in total. The molecular formula is C24H24Cl2N4O5S. The Kier molecular flexibility index (Phi) is 9.51. The fourth-order valence-corrected chi connectivity index (χ4v) is 4.36. The van der Waals surface area contributed by atoms with Gasteiger partial charge in [0.25, 0.3) is 5.91 Å². The largest absolute Gasteiger partial charge is 0.495 e. The molecule has 2 aromatic rings. The number of benzene rings is 2. The highest BCUT2D eigenvalue weighted by Gasteiger charge is 2.32. The molecule has 0 spiro atoms. The minimum Gasteiger partial charge on any atom is -0.495 e. The van der Waals surface area contributed by atoms with E-state index in [1.54, 1.807) is 44.2 Å². The minimum absolute atomic E-state index is 0.221. The number of allylic oxidation sites excluding steroid dienone is 1. The van der Waals surface area contributed by atoms with E-state index in [2.05, 4.69) is 21.2 Å². The minimum atomic E-state index is -0.630. The van der Waals surface area contributed by atoms with Gasteiger partial charge >= 0.3 is 5.97 Å². The average molecular weight is 551 g/mol. The van der Waals surface area contributed by atoms with Crippen LogP contribution in [0.2, 0.25) is 10.0 Å². The number of methoxy groups -OCH3 is 1. The van der Waals surface area contributed by atoms with Crippen molar-refractivity contribution in [2.24, 2.45) is 5.10 Å². The molecule has 2 aromatic carbocycles. The van der Waals surface area contributed by atoms with Crippen molar-refractivity contribution in [3.8, 4) is 11.5 Å². The Balaban J connectivity index is 1.73. The van der Waals surface area contributed by atoms with Crippen molar-refractivity contribution in [3.63, 3.8) is 0 Å². The lowest BCUT2D eigenvalue weighted by Gasteiger charge is -2.30. The van der Waals surface area contributed by atoms with Crippen LogP contribution in [0, 0.1) is 0 Å². The second-order valence-electron chi connectivity index (χ2n) is 7.42. The fraction of sp³-hybridized carbons (Fsp3) is 0.250. The smallest absolute Gasteiger partial charge is 0.338 e. The quantitative estimate of drug-likeness (QED) is 0.187. The van der Waals surface area contributed by atoms with Crippen LogP contribution in [-0.2, 0) is 14.3 Å². The summed E-state index contributed by atoms with van der Waals surface area (Å²) in [4.78, 5) is 25.0. The summed E-state index contributed by atoms with van der Waals surface area (Å²) in [5, 5.41) is 11.0. The first-order valence-corrected chi connectivity index (χ1v) is 11.9. The first-order valence-electron chi connectivity index (χ1n) is 10.8. The topological polar surface area (TPSA) is 110 Å².